The van der Waals surface area contributed by atoms with Gasteiger partial charge in [-0.25, -0.2) is 0 Å². The van der Waals surface area contributed by atoms with Crippen molar-refractivity contribution in [1.82, 2.24) is 5.32 Å². The average molecular weight is 264 g/mol. The number of aryl methyl sites for hydroxylation is 1. The van der Waals surface area contributed by atoms with Crippen LogP contribution in [0.4, 0.5) is 5.69 Å². The van der Waals surface area contributed by atoms with E-state index in [4.69, 9.17) is 4.79 Å². The molecule has 0 radical (unpaired) electrons. The van der Waals surface area contributed by atoms with Crippen LogP contribution in [-0.2, 0) is 9.59 Å². The zero-order chi connectivity index (χ0) is 14.8. The summed E-state index contributed by atoms with van der Waals surface area (Å²) in [6, 6.07) is 7.85. The second kappa shape index (κ2) is 9.28. The summed E-state index contributed by atoms with van der Waals surface area (Å²) < 4.78 is 0. The summed E-state index contributed by atoms with van der Waals surface area (Å²) in [5, 5.41) is 3.03. The number of anilines is 1. The van der Waals surface area contributed by atoms with Crippen molar-refractivity contribution in [3.63, 3.8) is 0 Å². The summed E-state index contributed by atoms with van der Waals surface area (Å²) in [4.78, 5) is 22.6. The predicted octanol–water partition coefficient (Wildman–Crippen LogP) is 2.16. The Bertz CT molecular complexity index is 401. The normalized spacial score (nSPS) is 11.0. The SMILES string of the molecule is CC=O.CCC(NC)C(=O)N(C)c1cccc(C)c1. The largest absolute Gasteiger partial charge is 0.314 e. The summed E-state index contributed by atoms with van der Waals surface area (Å²) in [6.45, 7) is 5.47. The fraction of sp³-hybridized carbons (Fsp3) is 0.467. The van der Waals surface area contributed by atoms with Crippen molar-refractivity contribution < 1.29 is 9.59 Å². The van der Waals surface area contributed by atoms with E-state index in [2.05, 4.69) is 5.32 Å². The molecule has 0 aliphatic rings. The van der Waals surface area contributed by atoms with Gasteiger partial charge in [0.25, 0.3) is 0 Å². The molecule has 0 saturated carbocycles. The lowest BCUT2D eigenvalue weighted by Gasteiger charge is -2.23. The van der Waals surface area contributed by atoms with Crippen LogP contribution in [0.3, 0.4) is 0 Å². The third-order valence-corrected chi connectivity index (χ3v) is 2.77. The van der Waals surface area contributed by atoms with E-state index in [1.54, 1.807) is 4.90 Å². The molecule has 1 unspecified atom stereocenters. The first kappa shape index (κ1) is 17.3. The molecule has 19 heavy (non-hydrogen) atoms. The van der Waals surface area contributed by atoms with Crippen LogP contribution < -0.4 is 10.2 Å². The number of benzene rings is 1. The first-order valence-corrected chi connectivity index (χ1v) is 6.43. The molecule has 0 fully saturated rings. The molecule has 0 bridgehead atoms. The van der Waals surface area contributed by atoms with Crippen molar-refractivity contribution in [1.29, 1.82) is 0 Å². The lowest BCUT2D eigenvalue weighted by Crippen LogP contribution is -2.43. The van der Waals surface area contributed by atoms with Crippen molar-refractivity contribution in [3.8, 4) is 0 Å². The second-order valence-corrected chi connectivity index (χ2v) is 4.22. The fourth-order valence-corrected chi connectivity index (χ4v) is 1.70. The van der Waals surface area contributed by atoms with Gasteiger partial charge in [0.15, 0.2) is 0 Å². The summed E-state index contributed by atoms with van der Waals surface area (Å²) in [6.07, 6.45) is 1.55. The summed E-state index contributed by atoms with van der Waals surface area (Å²) in [5.74, 6) is 0.107. The van der Waals surface area contributed by atoms with Gasteiger partial charge in [-0.3, -0.25) is 4.79 Å². The quantitative estimate of drug-likeness (QED) is 0.848. The number of hydrogen-bond acceptors (Lipinski definition) is 3. The van der Waals surface area contributed by atoms with Gasteiger partial charge in [-0.1, -0.05) is 19.1 Å². The molecule has 0 spiro atoms. The number of rotatable bonds is 4. The minimum absolute atomic E-state index is 0.106. The molecule has 1 N–H and O–H groups in total. The summed E-state index contributed by atoms with van der Waals surface area (Å²) >= 11 is 0. The van der Waals surface area contributed by atoms with Crippen LogP contribution in [0.2, 0.25) is 0 Å². The first-order valence-electron chi connectivity index (χ1n) is 6.43. The van der Waals surface area contributed by atoms with Crippen LogP contribution in [0.5, 0.6) is 0 Å². The van der Waals surface area contributed by atoms with Crippen LogP contribution in [0, 0.1) is 6.92 Å². The van der Waals surface area contributed by atoms with Gasteiger partial charge in [0.05, 0.1) is 6.04 Å². The monoisotopic (exact) mass is 264 g/mol. The van der Waals surface area contributed by atoms with E-state index in [0.717, 1.165) is 24.0 Å². The Balaban J connectivity index is 0.000000982. The number of carbonyl (C=O) groups excluding carboxylic acids is 2. The number of amides is 1. The number of likely N-dealkylation sites (N-methyl/N-ethyl adjacent to an activating group) is 2. The highest BCUT2D eigenvalue weighted by Gasteiger charge is 2.19. The smallest absolute Gasteiger partial charge is 0.243 e. The van der Waals surface area contributed by atoms with Crippen LogP contribution in [0.15, 0.2) is 24.3 Å². The molecule has 1 atom stereocenters. The maximum absolute atomic E-state index is 12.1. The van der Waals surface area contributed by atoms with Gasteiger partial charge in [0.2, 0.25) is 5.91 Å². The van der Waals surface area contributed by atoms with Crippen molar-refractivity contribution in [3.05, 3.63) is 29.8 Å². The van der Waals surface area contributed by atoms with Crippen molar-refractivity contribution in [2.45, 2.75) is 33.2 Å². The summed E-state index contributed by atoms with van der Waals surface area (Å²) in [5.41, 5.74) is 2.10. The number of nitrogens with zero attached hydrogens (tertiary/aromatic N) is 1. The molecule has 0 saturated heterocycles. The molecule has 1 aromatic carbocycles. The standard InChI is InChI=1S/C13H20N2O.C2H4O/c1-5-12(14-3)13(16)15(4)11-8-6-7-10(2)9-11;1-2-3/h6-9,12,14H,5H2,1-4H3;2H,1H3. The maximum Gasteiger partial charge on any atom is 0.243 e. The highest BCUT2D eigenvalue weighted by molar-refractivity contribution is 5.96. The second-order valence-electron chi connectivity index (χ2n) is 4.22. The van der Waals surface area contributed by atoms with Gasteiger partial charge in [-0.05, 0) is 45.0 Å². The van der Waals surface area contributed by atoms with Crippen LogP contribution in [0.25, 0.3) is 0 Å². The highest BCUT2D eigenvalue weighted by atomic mass is 16.2. The molecule has 1 aromatic rings. The van der Waals surface area contributed by atoms with E-state index >= 15 is 0 Å². The van der Waals surface area contributed by atoms with E-state index < -0.39 is 0 Å². The molecule has 0 aliphatic heterocycles. The van der Waals surface area contributed by atoms with Gasteiger partial charge in [0.1, 0.15) is 6.29 Å². The van der Waals surface area contributed by atoms with Crippen LogP contribution >= 0.6 is 0 Å². The third kappa shape index (κ3) is 5.66. The molecular formula is C15H24N2O2. The van der Waals surface area contributed by atoms with Gasteiger partial charge < -0.3 is 15.0 Å². The number of nitrogens with one attached hydrogen (secondary N) is 1. The molecule has 4 nitrogen and oxygen atoms in total. The maximum atomic E-state index is 12.1. The lowest BCUT2D eigenvalue weighted by molar-refractivity contribution is -0.120. The molecule has 1 amide bonds. The number of hydrogen-bond donors (Lipinski definition) is 1. The van der Waals surface area contributed by atoms with E-state index in [1.165, 1.54) is 6.92 Å². The van der Waals surface area contributed by atoms with E-state index in [9.17, 15) is 4.79 Å². The molecule has 106 valence electrons. The first-order chi connectivity index (χ1) is 9.01. The Kier molecular flexibility index (Phi) is 8.46. The van der Waals surface area contributed by atoms with Crippen LogP contribution in [-0.4, -0.2) is 32.3 Å². The van der Waals surface area contributed by atoms with Gasteiger partial charge in [0, 0.05) is 12.7 Å². The molecule has 4 heteroatoms. The zero-order valence-electron chi connectivity index (χ0n) is 12.4. The predicted molar refractivity (Wildman–Crippen MR) is 79.5 cm³/mol. The zero-order valence-corrected chi connectivity index (χ0v) is 12.4. The average Bonchev–Trinajstić information content (AvgIpc) is 2.40. The highest BCUT2D eigenvalue weighted by Crippen LogP contribution is 2.15. The molecule has 0 aromatic heterocycles. The van der Waals surface area contributed by atoms with Gasteiger partial charge in [-0.15, -0.1) is 0 Å². The van der Waals surface area contributed by atoms with Crippen molar-refractivity contribution in [2.75, 3.05) is 19.0 Å². The Morgan fingerprint density at radius 2 is 2.05 bits per heavy atom. The fourth-order valence-electron chi connectivity index (χ4n) is 1.70. The molecular weight excluding hydrogens is 240 g/mol. The summed E-state index contributed by atoms with van der Waals surface area (Å²) in [7, 11) is 3.63. The van der Waals surface area contributed by atoms with E-state index in [1.807, 2.05) is 52.2 Å². The van der Waals surface area contributed by atoms with Gasteiger partial charge in [-0.2, -0.15) is 0 Å². The Labute approximate surface area is 115 Å². The van der Waals surface area contributed by atoms with Crippen molar-refractivity contribution >= 4 is 17.9 Å². The molecule has 0 heterocycles. The third-order valence-electron chi connectivity index (χ3n) is 2.77. The van der Waals surface area contributed by atoms with E-state index in [0.29, 0.717) is 0 Å². The minimum Gasteiger partial charge on any atom is -0.314 e. The van der Waals surface area contributed by atoms with E-state index in [-0.39, 0.29) is 11.9 Å². The van der Waals surface area contributed by atoms with Crippen LogP contribution in [0.1, 0.15) is 25.8 Å². The minimum atomic E-state index is -0.106. The molecule has 0 aliphatic carbocycles. The topological polar surface area (TPSA) is 49.4 Å². The van der Waals surface area contributed by atoms with Crippen molar-refractivity contribution in [2.24, 2.45) is 0 Å². The Morgan fingerprint density at radius 3 is 2.47 bits per heavy atom. The molecule has 1 rings (SSSR count). The lowest BCUT2D eigenvalue weighted by atomic mass is 10.1. The Morgan fingerprint density at radius 1 is 1.47 bits per heavy atom. The Hall–Kier alpha value is -1.68. The van der Waals surface area contributed by atoms with Gasteiger partial charge >= 0.3 is 0 Å². The number of carbonyl (C=O) groups is 2. The number of aldehydes is 1.